The number of aryl methyl sites for hydroxylation is 2. The van der Waals surface area contributed by atoms with E-state index in [1.54, 1.807) is 0 Å². The normalized spacial score (nSPS) is 18.3. The van der Waals surface area contributed by atoms with Crippen molar-refractivity contribution in [2.75, 3.05) is 19.8 Å². The van der Waals surface area contributed by atoms with Crippen LogP contribution in [-0.2, 0) is 13.0 Å². The van der Waals surface area contributed by atoms with Crippen LogP contribution in [0.2, 0.25) is 0 Å². The summed E-state index contributed by atoms with van der Waals surface area (Å²) in [6.07, 6.45) is 3.25. The van der Waals surface area contributed by atoms with E-state index in [1.807, 2.05) is 13.8 Å². The molecule has 3 heterocycles. The Balaban J connectivity index is 1.27. The molecule has 2 aromatic carbocycles. The third kappa shape index (κ3) is 4.57. The first-order valence-electron chi connectivity index (χ1n) is 11.2. The minimum Gasteiger partial charge on any atom is -0.486 e. The molecule has 0 unspecified atom stereocenters. The summed E-state index contributed by atoms with van der Waals surface area (Å²) < 4.78 is 11.5. The van der Waals surface area contributed by atoms with Gasteiger partial charge in [-0.1, -0.05) is 30.3 Å². The van der Waals surface area contributed by atoms with Crippen LogP contribution in [-0.4, -0.2) is 34.6 Å². The van der Waals surface area contributed by atoms with Crippen molar-refractivity contribution in [3.63, 3.8) is 0 Å². The Bertz CT molecular complexity index is 1040. The van der Waals surface area contributed by atoms with Gasteiger partial charge in [0, 0.05) is 30.4 Å². The minimum absolute atomic E-state index is 0.433. The Kier molecular flexibility index (Phi) is 5.60. The summed E-state index contributed by atoms with van der Waals surface area (Å²) in [7, 11) is 0. The van der Waals surface area contributed by atoms with Gasteiger partial charge in [0.15, 0.2) is 11.5 Å². The van der Waals surface area contributed by atoms with Gasteiger partial charge in [0.05, 0.1) is 0 Å². The second-order valence-electron chi connectivity index (χ2n) is 8.57. The van der Waals surface area contributed by atoms with Crippen LogP contribution >= 0.6 is 0 Å². The highest BCUT2D eigenvalue weighted by molar-refractivity contribution is 5.45. The van der Waals surface area contributed by atoms with Crippen LogP contribution in [0.3, 0.4) is 0 Å². The summed E-state index contributed by atoms with van der Waals surface area (Å²) >= 11 is 0. The van der Waals surface area contributed by atoms with E-state index in [9.17, 15) is 0 Å². The highest BCUT2D eigenvalue weighted by atomic mass is 16.6. The van der Waals surface area contributed by atoms with Gasteiger partial charge in [0.25, 0.3) is 0 Å². The average Bonchev–Trinajstić information content (AvgIpc) is 3.22. The molecule has 1 aromatic heterocycles. The topological polar surface area (TPSA) is 47.5 Å². The Hall–Kier alpha value is -2.92. The van der Waals surface area contributed by atoms with Crippen LogP contribution in [0.5, 0.6) is 11.5 Å². The van der Waals surface area contributed by atoms with E-state index in [4.69, 9.17) is 9.47 Å². The SMILES string of the molecule is Cc1cc(Cc2ccc(CN3CCC[C@H]3c3ccc4c(c3)OCCO4)cc2)nc(C)n1. The van der Waals surface area contributed by atoms with Crippen LogP contribution in [0.1, 0.15) is 52.8 Å². The maximum absolute atomic E-state index is 5.80. The lowest BCUT2D eigenvalue weighted by molar-refractivity contribution is 0.170. The van der Waals surface area contributed by atoms with Crippen LogP contribution in [0, 0.1) is 13.8 Å². The zero-order valence-electron chi connectivity index (χ0n) is 18.3. The van der Waals surface area contributed by atoms with Gasteiger partial charge in [0.1, 0.15) is 19.0 Å². The predicted molar refractivity (Wildman–Crippen MR) is 121 cm³/mol. The number of benzene rings is 2. The van der Waals surface area contributed by atoms with Gasteiger partial charge < -0.3 is 9.47 Å². The number of aromatic nitrogens is 2. The minimum atomic E-state index is 0.433. The fourth-order valence-electron chi connectivity index (χ4n) is 4.75. The Labute approximate surface area is 184 Å². The van der Waals surface area contributed by atoms with Gasteiger partial charge in [-0.15, -0.1) is 0 Å². The second-order valence-corrected chi connectivity index (χ2v) is 8.57. The van der Waals surface area contributed by atoms with Crippen molar-refractivity contribution in [3.8, 4) is 11.5 Å². The Morgan fingerprint density at radius 3 is 2.48 bits per heavy atom. The van der Waals surface area contributed by atoms with Crippen LogP contribution in [0.4, 0.5) is 0 Å². The van der Waals surface area contributed by atoms with Crippen LogP contribution in [0.25, 0.3) is 0 Å². The highest BCUT2D eigenvalue weighted by Crippen LogP contribution is 2.38. The summed E-state index contributed by atoms with van der Waals surface area (Å²) in [6.45, 7) is 7.33. The predicted octanol–water partition coefficient (Wildman–Crippen LogP) is 4.79. The lowest BCUT2D eigenvalue weighted by atomic mass is 10.0. The molecule has 0 bridgehead atoms. The largest absolute Gasteiger partial charge is 0.486 e. The van der Waals surface area contributed by atoms with Gasteiger partial charge >= 0.3 is 0 Å². The average molecular weight is 416 g/mol. The fraction of sp³-hybridized carbons (Fsp3) is 0.385. The van der Waals surface area contributed by atoms with Gasteiger partial charge in [-0.05, 0) is 68.1 Å². The van der Waals surface area contributed by atoms with Crippen molar-refractivity contribution in [1.29, 1.82) is 0 Å². The smallest absolute Gasteiger partial charge is 0.161 e. The number of hydrogen-bond acceptors (Lipinski definition) is 5. The molecule has 31 heavy (non-hydrogen) atoms. The first kappa shape index (κ1) is 20.0. The number of fused-ring (bicyclic) bond motifs is 1. The monoisotopic (exact) mass is 415 g/mol. The van der Waals surface area contributed by atoms with E-state index in [0.29, 0.717) is 19.3 Å². The lowest BCUT2D eigenvalue weighted by Gasteiger charge is -2.26. The zero-order chi connectivity index (χ0) is 21.2. The molecule has 1 fully saturated rings. The molecule has 2 aliphatic rings. The second kappa shape index (κ2) is 8.67. The molecule has 0 radical (unpaired) electrons. The first-order valence-corrected chi connectivity index (χ1v) is 11.2. The van der Waals surface area contributed by atoms with E-state index in [-0.39, 0.29) is 0 Å². The van der Waals surface area contributed by atoms with Crippen molar-refractivity contribution < 1.29 is 9.47 Å². The van der Waals surface area contributed by atoms with Gasteiger partial charge in [-0.3, -0.25) is 4.90 Å². The van der Waals surface area contributed by atoms with E-state index >= 15 is 0 Å². The standard InChI is InChI=1S/C26H29N3O2/c1-18-14-23(28-19(2)27-18)15-20-5-7-21(8-6-20)17-29-11-3-4-24(29)22-9-10-25-26(16-22)31-13-12-30-25/h5-10,14,16,24H,3-4,11-13,15,17H2,1-2H3/t24-/m0/s1. The number of ether oxygens (including phenoxy) is 2. The summed E-state index contributed by atoms with van der Waals surface area (Å²) in [6, 6.07) is 17.9. The van der Waals surface area contributed by atoms with Gasteiger partial charge in [-0.25, -0.2) is 9.97 Å². The van der Waals surface area contributed by atoms with E-state index in [2.05, 4.69) is 63.4 Å². The molecule has 1 atom stereocenters. The molecule has 160 valence electrons. The van der Waals surface area contributed by atoms with Crippen molar-refractivity contribution in [2.45, 2.75) is 45.7 Å². The molecule has 0 amide bonds. The molecule has 1 saturated heterocycles. The Morgan fingerprint density at radius 2 is 1.68 bits per heavy atom. The molecule has 5 rings (SSSR count). The van der Waals surface area contributed by atoms with Crippen LogP contribution < -0.4 is 9.47 Å². The lowest BCUT2D eigenvalue weighted by Crippen LogP contribution is -2.23. The summed E-state index contributed by atoms with van der Waals surface area (Å²) in [5.41, 5.74) is 6.07. The molecule has 0 saturated carbocycles. The molecule has 5 nitrogen and oxygen atoms in total. The zero-order valence-corrected chi connectivity index (χ0v) is 18.3. The van der Waals surface area contributed by atoms with Crippen molar-refractivity contribution in [3.05, 3.63) is 82.4 Å². The van der Waals surface area contributed by atoms with Crippen molar-refractivity contribution >= 4 is 0 Å². The number of hydrogen-bond donors (Lipinski definition) is 0. The molecule has 0 N–H and O–H groups in total. The number of likely N-dealkylation sites (tertiary alicyclic amines) is 1. The van der Waals surface area contributed by atoms with E-state index in [0.717, 1.165) is 48.2 Å². The molecule has 2 aliphatic heterocycles. The maximum atomic E-state index is 5.80. The third-order valence-corrected chi connectivity index (χ3v) is 6.13. The first-order chi connectivity index (χ1) is 15.1. The van der Waals surface area contributed by atoms with Crippen molar-refractivity contribution in [1.82, 2.24) is 14.9 Å². The van der Waals surface area contributed by atoms with Gasteiger partial charge in [0.2, 0.25) is 0 Å². The molecule has 0 aliphatic carbocycles. The molecule has 3 aromatic rings. The van der Waals surface area contributed by atoms with E-state index < -0.39 is 0 Å². The van der Waals surface area contributed by atoms with Gasteiger partial charge in [-0.2, -0.15) is 0 Å². The quantitative estimate of drug-likeness (QED) is 0.599. The summed E-state index contributed by atoms with van der Waals surface area (Å²) in [5, 5.41) is 0. The fourth-order valence-corrected chi connectivity index (χ4v) is 4.75. The Morgan fingerprint density at radius 1 is 0.903 bits per heavy atom. The van der Waals surface area contributed by atoms with Crippen LogP contribution in [0.15, 0.2) is 48.5 Å². The third-order valence-electron chi connectivity index (χ3n) is 6.13. The number of nitrogens with zero attached hydrogens (tertiary/aromatic N) is 3. The summed E-state index contributed by atoms with van der Waals surface area (Å²) in [5.74, 6) is 2.59. The molecule has 5 heteroatoms. The highest BCUT2D eigenvalue weighted by Gasteiger charge is 2.27. The number of rotatable bonds is 5. The van der Waals surface area contributed by atoms with E-state index in [1.165, 1.54) is 29.5 Å². The molecular formula is C26H29N3O2. The van der Waals surface area contributed by atoms with Crippen molar-refractivity contribution in [2.24, 2.45) is 0 Å². The molecular weight excluding hydrogens is 386 g/mol. The summed E-state index contributed by atoms with van der Waals surface area (Å²) in [4.78, 5) is 11.5. The maximum Gasteiger partial charge on any atom is 0.161 e. The molecule has 0 spiro atoms.